The molecule has 0 spiro atoms. The predicted molar refractivity (Wildman–Crippen MR) is 88.9 cm³/mol. The zero-order valence-corrected chi connectivity index (χ0v) is 13.4. The van der Waals surface area contributed by atoms with Crippen molar-refractivity contribution in [3.05, 3.63) is 65.5 Å². The van der Waals surface area contributed by atoms with Crippen LogP contribution in [0.5, 0.6) is 5.75 Å². The van der Waals surface area contributed by atoms with Crippen LogP contribution in [0.1, 0.15) is 17.0 Å². The number of halogens is 1. The lowest BCUT2D eigenvalue weighted by molar-refractivity contribution is -0.138. The van der Waals surface area contributed by atoms with Gasteiger partial charge in [-0.2, -0.15) is 0 Å². The molecular weight excluding hydrogens is 325 g/mol. The van der Waals surface area contributed by atoms with Crippen LogP contribution < -0.4 is 10.1 Å². The highest BCUT2D eigenvalue weighted by atomic mass is 19.1. The fourth-order valence-electron chi connectivity index (χ4n) is 2.89. The number of rotatable bonds is 5. The number of fused-ring (bicyclic) bond motifs is 1. The second-order valence-electron chi connectivity index (χ2n) is 6.01. The van der Waals surface area contributed by atoms with E-state index >= 15 is 0 Å². The Bertz CT molecular complexity index is 775. The van der Waals surface area contributed by atoms with Crippen LogP contribution in [0.3, 0.4) is 0 Å². The molecule has 0 aliphatic carbocycles. The van der Waals surface area contributed by atoms with Crippen LogP contribution in [-0.4, -0.2) is 30.1 Å². The standard InChI is InChI=1S/C19H18FNO4/c20-15-7-5-12(6-8-15)16(19(23)24)10-21-18(22)14-9-13-3-1-2-4-17(13)25-11-14/h1-8,14,16H,9-11H2,(H,21,22)(H,23,24). The number of nitrogens with one attached hydrogen (secondary N) is 1. The van der Waals surface area contributed by atoms with Crippen LogP contribution in [0, 0.1) is 11.7 Å². The van der Waals surface area contributed by atoms with Crippen molar-refractivity contribution in [3.8, 4) is 5.75 Å². The average molecular weight is 343 g/mol. The number of hydrogen-bond donors (Lipinski definition) is 2. The van der Waals surface area contributed by atoms with E-state index in [0.29, 0.717) is 12.0 Å². The summed E-state index contributed by atoms with van der Waals surface area (Å²) in [5.74, 6) is -2.27. The number of amides is 1. The van der Waals surface area contributed by atoms with E-state index in [1.165, 1.54) is 24.3 Å². The van der Waals surface area contributed by atoms with Gasteiger partial charge in [0.15, 0.2) is 0 Å². The van der Waals surface area contributed by atoms with Gasteiger partial charge in [-0.25, -0.2) is 4.39 Å². The zero-order chi connectivity index (χ0) is 17.8. The smallest absolute Gasteiger partial charge is 0.312 e. The number of carbonyl (C=O) groups excluding carboxylic acids is 1. The third-order valence-electron chi connectivity index (χ3n) is 4.30. The van der Waals surface area contributed by atoms with Crippen molar-refractivity contribution in [2.45, 2.75) is 12.3 Å². The molecule has 6 heteroatoms. The Morgan fingerprint density at radius 3 is 2.64 bits per heavy atom. The van der Waals surface area contributed by atoms with Crippen molar-refractivity contribution in [1.82, 2.24) is 5.32 Å². The van der Waals surface area contributed by atoms with Crippen LogP contribution in [0.25, 0.3) is 0 Å². The monoisotopic (exact) mass is 343 g/mol. The van der Waals surface area contributed by atoms with Gasteiger partial charge in [-0.3, -0.25) is 9.59 Å². The van der Waals surface area contributed by atoms with Gasteiger partial charge in [0, 0.05) is 6.54 Å². The molecule has 0 bridgehead atoms. The van der Waals surface area contributed by atoms with Crippen molar-refractivity contribution >= 4 is 11.9 Å². The molecule has 3 rings (SSSR count). The Morgan fingerprint density at radius 2 is 1.92 bits per heavy atom. The molecule has 0 saturated carbocycles. The maximum Gasteiger partial charge on any atom is 0.312 e. The van der Waals surface area contributed by atoms with E-state index in [2.05, 4.69) is 5.32 Å². The molecule has 1 aliphatic heterocycles. The van der Waals surface area contributed by atoms with Crippen molar-refractivity contribution in [1.29, 1.82) is 0 Å². The summed E-state index contributed by atoms with van der Waals surface area (Å²) in [4.78, 5) is 23.8. The van der Waals surface area contributed by atoms with Crippen molar-refractivity contribution in [2.75, 3.05) is 13.2 Å². The predicted octanol–water partition coefficient (Wildman–Crippen LogP) is 2.36. The lowest BCUT2D eigenvalue weighted by Crippen LogP contribution is -2.40. The van der Waals surface area contributed by atoms with Crippen LogP contribution >= 0.6 is 0 Å². The molecule has 2 aromatic rings. The first kappa shape index (κ1) is 17.0. The summed E-state index contributed by atoms with van der Waals surface area (Å²) < 4.78 is 18.6. The van der Waals surface area contributed by atoms with Gasteiger partial charge in [-0.05, 0) is 35.7 Å². The van der Waals surface area contributed by atoms with Crippen LogP contribution in [0.15, 0.2) is 48.5 Å². The molecule has 1 heterocycles. The summed E-state index contributed by atoms with van der Waals surface area (Å²) in [6.45, 7) is 0.203. The number of ether oxygens (including phenoxy) is 1. The number of benzene rings is 2. The summed E-state index contributed by atoms with van der Waals surface area (Å²) in [6, 6.07) is 12.8. The third-order valence-corrected chi connectivity index (χ3v) is 4.30. The SMILES string of the molecule is O=C(NCC(C(=O)O)c1ccc(F)cc1)C1COc2ccccc2C1. The first-order valence-corrected chi connectivity index (χ1v) is 8.01. The van der Waals surface area contributed by atoms with Crippen molar-refractivity contribution in [3.63, 3.8) is 0 Å². The molecule has 2 atom stereocenters. The second-order valence-corrected chi connectivity index (χ2v) is 6.01. The average Bonchev–Trinajstić information content (AvgIpc) is 2.62. The fourth-order valence-corrected chi connectivity index (χ4v) is 2.89. The zero-order valence-electron chi connectivity index (χ0n) is 13.4. The van der Waals surface area contributed by atoms with Gasteiger partial charge in [0.2, 0.25) is 5.91 Å². The molecule has 2 unspecified atom stereocenters. The second kappa shape index (κ2) is 7.34. The Kier molecular flexibility index (Phi) is 4.97. The van der Waals surface area contributed by atoms with Crippen LogP contribution in [0.4, 0.5) is 4.39 Å². The lowest BCUT2D eigenvalue weighted by atomic mass is 9.95. The largest absolute Gasteiger partial charge is 0.492 e. The lowest BCUT2D eigenvalue weighted by Gasteiger charge is -2.25. The van der Waals surface area contributed by atoms with Crippen molar-refractivity contribution < 1.29 is 23.8 Å². The number of carboxylic acids is 1. The van der Waals surface area contributed by atoms with Gasteiger partial charge >= 0.3 is 5.97 Å². The quantitative estimate of drug-likeness (QED) is 0.874. The van der Waals surface area contributed by atoms with Gasteiger partial charge in [-0.15, -0.1) is 0 Å². The van der Waals surface area contributed by atoms with E-state index in [4.69, 9.17) is 4.74 Å². The molecule has 2 N–H and O–H groups in total. The third kappa shape index (κ3) is 3.96. The fraction of sp³-hybridized carbons (Fsp3) is 0.263. The minimum Gasteiger partial charge on any atom is -0.492 e. The normalized spacial score (nSPS) is 17.1. The molecule has 0 radical (unpaired) electrons. The van der Waals surface area contributed by atoms with Gasteiger partial charge in [-0.1, -0.05) is 30.3 Å². The summed E-state index contributed by atoms with van der Waals surface area (Å²) in [5.41, 5.74) is 1.40. The summed E-state index contributed by atoms with van der Waals surface area (Å²) in [7, 11) is 0. The Balaban J connectivity index is 1.62. The summed E-state index contributed by atoms with van der Waals surface area (Å²) in [6.07, 6.45) is 0.552. The highest BCUT2D eigenvalue weighted by molar-refractivity contribution is 5.81. The highest BCUT2D eigenvalue weighted by Gasteiger charge is 2.27. The molecule has 0 aromatic heterocycles. The van der Waals surface area contributed by atoms with E-state index in [0.717, 1.165) is 11.3 Å². The Labute approximate surface area is 144 Å². The summed E-state index contributed by atoms with van der Waals surface area (Å²) >= 11 is 0. The van der Waals surface area contributed by atoms with E-state index < -0.39 is 17.7 Å². The van der Waals surface area contributed by atoms with Crippen LogP contribution in [0.2, 0.25) is 0 Å². The van der Waals surface area contributed by atoms with E-state index in [1.807, 2.05) is 24.3 Å². The Hall–Kier alpha value is -2.89. The van der Waals surface area contributed by atoms with Gasteiger partial charge in [0.05, 0.1) is 11.8 Å². The number of carboxylic acid groups (broad SMARTS) is 1. The topological polar surface area (TPSA) is 75.6 Å². The number of para-hydroxylation sites is 1. The maximum atomic E-state index is 13.0. The van der Waals surface area contributed by atoms with Gasteiger partial charge in [0.1, 0.15) is 18.2 Å². The number of aliphatic carboxylic acids is 1. The number of hydrogen-bond acceptors (Lipinski definition) is 3. The molecule has 0 fully saturated rings. The number of carbonyl (C=O) groups is 2. The van der Waals surface area contributed by atoms with Crippen LogP contribution in [-0.2, 0) is 16.0 Å². The Morgan fingerprint density at radius 1 is 1.20 bits per heavy atom. The summed E-state index contributed by atoms with van der Waals surface area (Å²) in [5, 5.41) is 12.1. The van der Waals surface area contributed by atoms with E-state index in [1.54, 1.807) is 0 Å². The molecule has 2 aromatic carbocycles. The van der Waals surface area contributed by atoms with E-state index in [-0.39, 0.29) is 25.0 Å². The molecule has 25 heavy (non-hydrogen) atoms. The first-order chi connectivity index (χ1) is 12.0. The van der Waals surface area contributed by atoms with Crippen molar-refractivity contribution in [2.24, 2.45) is 5.92 Å². The molecule has 5 nitrogen and oxygen atoms in total. The minimum atomic E-state index is -1.07. The molecule has 130 valence electrons. The minimum absolute atomic E-state index is 0.0576. The highest BCUT2D eigenvalue weighted by Crippen LogP contribution is 2.27. The molecular formula is C19H18FNO4. The van der Waals surface area contributed by atoms with E-state index in [9.17, 15) is 19.1 Å². The molecule has 1 aliphatic rings. The first-order valence-electron chi connectivity index (χ1n) is 8.01. The van der Waals surface area contributed by atoms with Gasteiger partial charge < -0.3 is 15.2 Å². The maximum absolute atomic E-state index is 13.0. The van der Waals surface area contributed by atoms with Gasteiger partial charge in [0.25, 0.3) is 0 Å². The molecule has 1 amide bonds. The molecule has 0 saturated heterocycles.